The minimum atomic E-state index is -0.393. The Morgan fingerprint density at radius 2 is 1.71 bits per heavy atom. The van der Waals surface area contributed by atoms with E-state index in [0.29, 0.717) is 10.6 Å². The summed E-state index contributed by atoms with van der Waals surface area (Å²) in [6.45, 7) is 0. The van der Waals surface area contributed by atoms with Crippen molar-refractivity contribution < 1.29 is 5.11 Å². The summed E-state index contributed by atoms with van der Waals surface area (Å²) in [5, 5.41) is 11.8. The van der Waals surface area contributed by atoms with Gasteiger partial charge in [0.15, 0.2) is 0 Å². The van der Waals surface area contributed by atoms with Crippen LogP contribution in [-0.4, -0.2) is 10.1 Å². The fourth-order valence-corrected chi connectivity index (χ4v) is 3.33. The van der Waals surface area contributed by atoms with Crippen molar-refractivity contribution in [3.05, 3.63) is 106 Å². The molecule has 3 nitrogen and oxygen atoms in total. The Morgan fingerprint density at radius 1 is 0.893 bits per heavy atom. The molecule has 1 heterocycles. The van der Waals surface area contributed by atoms with Gasteiger partial charge >= 0.3 is 0 Å². The maximum absolute atomic E-state index is 10.1. The van der Waals surface area contributed by atoms with Crippen LogP contribution in [0, 0.1) is 0 Å². The summed E-state index contributed by atoms with van der Waals surface area (Å²) in [6, 6.07) is 24.4. The number of hydrogen-bond acceptors (Lipinski definition) is 3. The predicted molar refractivity (Wildman–Crippen MR) is 116 cm³/mol. The van der Waals surface area contributed by atoms with Gasteiger partial charge in [0, 0.05) is 16.0 Å². The molecule has 0 aliphatic heterocycles. The number of pyridine rings is 1. The molecule has 3 aromatic carbocycles. The van der Waals surface area contributed by atoms with Gasteiger partial charge in [-0.3, -0.25) is 0 Å². The van der Waals surface area contributed by atoms with Gasteiger partial charge in [-0.1, -0.05) is 66.2 Å². The lowest BCUT2D eigenvalue weighted by atomic mass is 9.97. The highest BCUT2D eigenvalue weighted by Gasteiger charge is 2.12. The molecule has 1 atom stereocenters. The van der Waals surface area contributed by atoms with Crippen molar-refractivity contribution in [3.63, 3.8) is 0 Å². The van der Waals surface area contributed by atoms with Crippen LogP contribution in [0.3, 0.4) is 0 Å². The smallest absolute Gasteiger partial charge is 0.120 e. The maximum Gasteiger partial charge on any atom is 0.120 e. The number of hydrogen-bond donors (Lipinski definition) is 2. The first kappa shape index (κ1) is 18.2. The first-order chi connectivity index (χ1) is 13.6. The van der Waals surface area contributed by atoms with Gasteiger partial charge in [-0.2, -0.15) is 0 Å². The zero-order valence-electron chi connectivity index (χ0n) is 15.1. The van der Waals surface area contributed by atoms with Crippen LogP contribution in [0.1, 0.15) is 28.4 Å². The largest absolute Gasteiger partial charge is 0.508 e. The molecule has 4 aromatic rings. The van der Waals surface area contributed by atoms with E-state index < -0.39 is 6.04 Å². The van der Waals surface area contributed by atoms with Gasteiger partial charge in [-0.25, -0.2) is 4.98 Å². The summed E-state index contributed by atoms with van der Waals surface area (Å²) in [5.74, 6) is 0.204. The van der Waals surface area contributed by atoms with Crippen LogP contribution in [0.15, 0.2) is 78.9 Å². The number of aromatic nitrogens is 1. The molecule has 138 valence electrons. The second kappa shape index (κ2) is 7.85. The molecule has 0 aliphatic rings. The number of nitrogens with zero attached hydrogens (tertiary/aromatic N) is 1. The van der Waals surface area contributed by atoms with Crippen LogP contribution < -0.4 is 5.73 Å². The highest BCUT2D eigenvalue weighted by Crippen LogP contribution is 2.28. The SMILES string of the molecule is NC(c1cccc(/C=C/c2ccc3ccc(Cl)cc3n2)c1)c1ccccc1O. The molecule has 4 heteroatoms. The van der Waals surface area contributed by atoms with Crippen molar-refractivity contribution in [1.29, 1.82) is 0 Å². The first-order valence-corrected chi connectivity index (χ1v) is 9.36. The second-order valence-corrected chi connectivity index (χ2v) is 7.05. The van der Waals surface area contributed by atoms with E-state index in [-0.39, 0.29) is 5.75 Å². The summed E-state index contributed by atoms with van der Waals surface area (Å²) in [4.78, 5) is 4.64. The van der Waals surface area contributed by atoms with Gasteiger partial charge in [0.2, 0.25) is 0 Å². The second-order valence-electron chi connectivity index (χ2n) is 6.61. The summed E-state index contributed by atoms with van der Waals surface area (Å²) in [6.07, 6.45) is 3.96. The summed E-state index contributed by atoms with van der Waals surface area (Å²) >= 11 is 6.06. The van der Waals surface area contributed by atoms with Crippen LogP contribution in [0.2, 0.25) is 5.02 Å². The number of para-hydroxylation sites is 1. The van der Waals surface area contributed by atoms with Crippen molar-refractivity contribution in [2.75, 3.05) is 0 Å². The number of phenolic OH excluding ortho intramolecular Hbond substituents is 1. The van der Waals surface area contributed by atoms with Crippen LogP contribution in [0.4, 0.5) is 0 Å². The molecule has 1 unspecified atom stereocenters. The van der Waals surface area contributed by atoms with Crippen molar-refractivity contribution >= 4 is 34.7 Å². The molecule has 0 bridgehead atoms. The molecule has 0 spiro atoms. The van der Waals surface area contributed by atoms with Crippen LogP contribution in [0.25, 0.3) is 23.1 Å². The van der Waals surface area contributed by atoms with E-state index in [9.17, 15) is 5.11 Å². The first-order valence-electron chi connectivity index (χ1n) is 8.98. The van der Waals surface area contributed by atoms with Crippen LogP contribution in [0.5, 0.6) is 5.75 Å². The van der Waals surface area contributed by atoms with E-state index in [1.165, 1.54) is 0 Å². The average molecular weight is 387 g/mol. The zero-order chi connectivity index (χ0) is 19.5. The predicted octanol–water partition coefficient (Wildman–Crippen LogP) is 5.81. The quantitative estimate of drug-likeness (QED) is 0.465. The Morgan fingerprint density at radius 3 is 2.57 bits per heavy atom. The highest BCUT2D eigenvalue weighted by molar-refractivity contribution is 6.31. The molecular weight excluding hydrogens is 368 g/mol. The van der Waals surface area contributed by atoms with Crippen molar-refractivity contribution in [3.8, 4) is 5.75 Å². The topological polar surface area (TPSA) is 59.1 Å². The van der Waals surface area contributed by atoms with Gasteiger partial charge < -0.3 is 10.8 Å². The van der Waals surface area contributed by atoms with Crippen LogP contribution in [-0.2, 0) is 0 Å². The third-order valence-electron chi connectivity index (χ3n) is 4.66. The Hall–Kier alpha value is -3.14. The molecule has 0 saturated heterocycles. The van der Waals surface area contributed by atoms with Gasteiger partial charge in [-0.05, 0) is 47.5 Å². The summed E-state index contributed by atoms with van der Waals surface area (Å²) < 4.78 is 0. The van der Waals surface area contributed by atoms with Gasteiger partial charge in [0.05, 0.1) is 17.3 Å². The Bertz CT molecular complexity index is 1170. The molecule has 1 aromatic heterocycles. The van der Waals surface area contributed by atoms with E-state index in [2.05, 4.69) is 4.98 Å². The third-order valence-corrected chi connectivity index (χ3v) is 4.90. The van der Waals surface area contributed by atoms with Crippen molar-refractivity contribution in [2.45, 2.75) is 6.04 Å². The number of rotatable bonds is 4. The number of aromatic hydroxyl groups is 1. The van der Waals surface area contributed by atoms with E-state index in [1.54, 1.807) is 12.1 Å². The van der Waals surface area contributed by atoms with E-state index in [0.717, 1.165) is 27.7 Å². The monoisotopic (exact) mass is 386 g/mol. The summed E-state index contributed by atoms with van der Waals surface area (Å²) in [5.41, 5.74) is 10.7. The third kappa shape index (κ3) is 3.91. The van der Waals surface area contributed by atoms with E-state index in [1.807, 2.05) is 78.9 Å². The fraction of sp³-hybridized carbons (Fsp3) is 0.0417. The number of phenols is 1. The van der Waals surface area contributed by atoms with E-state index in [4.69, 9.17) is 17.3 Å². The lowest BCUT2D eigenvalue weighted by molar-refractivity contribution is 0.465. The van der Waals surface area contributed by atoms with Crippen molar-refractivity contribution in [1.82, 2.24) is 4.98 Å². The molecule has 0 saturated carbocycles. The Kier molecular flexibility index (Phi) is 5.11. The summed E-state index contributed by atoms with van der Waals surface area (Å²) in [7, 11) is 0. The normalized spacial score (nSPS) is 12.5. The molecule has 3 N–H and O–H groups in total. The number of fused-ring (bicyclic) bond motifs is 1. The van der Waals surface area contributed by atoms with Gasteiger partial charge in [0.1, 0.15) is 5.75 Å². The molecule has 0 fully saturated rings. The molecule has 0 amide bonds. The average Bonchev–Trinajstić information content (AvgIpc) is 2.72. The zero-order valence-corrected chi connectivity index (χ0v) is 15.8. The van der Waals surface area contributed by atoms with Crippen LogP contribution >= 0.6 is 11.6 Å². The molecule has 28 heavy (non-hydrogen) atoms. The van der Waals surface area contributed by atoms with Crippen molar-refractivity contribution in [2.24, 2.45) is 5.73 Å². The van der Waals surface area contributed by atoms with Gasteiger partial charge in [-0.15, -0.1) is 0 Å². The highest BCUT2D eigenvalue weighted by atomic mass is 35.5. The lowest BCUT2D eigenvalue weighted by Gasteiger charge is -2.14. The molecule has 0 aliphatic carbocycles. The number of nitrogens with two attached hydrogens (primary N) is 1. The number of benzene rings is 3. The fourth-order valence-electron chi connectivity index (χ4n) is 3.17. The molecule has 4 rings (SSSR count). The minimum absolute atomic E-state index is 0.204. The molecular formula is C24H19ClN2O. The Balaban J connectivity index is 1.60. The maximum atomic E-state index is 10.1. The van der Waals surface area contributed by atoms with E-state index >= 15 is 0 Å². The standard InChI is InChI=1S/C24H19ClN2O/c25-19-11-9-17-10-13-20(27-22(17)15-19)12-8-16-4-3-5-18(14-16)24(26)21-6-1-2-7-23(21)28/h1-15,24,28H,26H2/b12-8+. The Labute approximate surface area is 168 Å². The number of halogens is 1. The molecule has 0 radical (unpaired) electrons. The van der Waals surface area contributed by atoms with Gasteiger partial charge in [0.25, 0.3) is 0 Å². The lowest BCUT2D eigenvalue weighted by Crippen LogP contribution is -2.12. The minimum Gasteiger partial charge on any atom is -0.508 e.